The number of carbonyl (C=O) groups excluding carboxylic acids is 1. The van der Waals surface area contributed by atoms with Crippen molar-refractivity contribution in [3.63, 3.8) is 0 Å². The van der Waals surface area contributed by atoms with E-state index < -0.39 is 0 Å². The van der Waals surface area contributed by atoms with Crippen molar-refractivity contribution in [3.05, 3.63) is 71.5 Å². The van der Waals surface area contributed by atoms with Crippen molar-refractivity contribution in [2.75, 3.05) is 6.54 Å². The van der Waals surface area contributed by atoms with E-state index >= 15 is 0 Å². The number of halogens is 1. The Kier molecular flexibility index (Phi) is 5.82. The fourth-order valence-electron chi connectivity index (χ4n) is 3.51. The molecule has 1 aliphatic rings. The number of amides is 1. The third-order valence-corrected chi connectivity index (χ3v) is 4.87. The maximum absolute atomic E-state index is 14.3. The normalized spacial score (nSPS) is 21.5. The second-order valence-electron chi connectivity index (χ2n) is 6.85. The third-order valence-electron chi connectivity index (χ3n) is 4.87. The van der Waals surface area contributed by atoms with E-state index in [1.165, 1.54) is 6.07 Å². The second kappa shape index (κ2) is 8.26. The molecule has 1 fully saturated rings. The highest BCUT2D eigenvalue weighted by Gasteiger charge is 2.27. The predicted molar refractivity (Wildman–Crippen MR) is 97.6 cm³/mol. The molecule has 3 atom stereocenters. The van der Waals surface area contributed by atoms with E-state index in [9.17, 15) is 9.18 Å². The van der Waals surface area contributed by atoms with Crippen molar-refractivity contribution in [2.45, 2.75) is 38.3 Å². The zero-order valence-corrected chi connectivity index (χ0v) is 14.5. The van der Waals surface area contributed by atoms with Crippen LogP contribution in [-0.4, -0.2) is 18.5 Å². The number of piperidine rings is 1. The van der Waals surface area contributed by atoms with Crippen molar-refractivity contribution in [2.24, 2.45) is 5.92 Å². The van der Waals surface area contributed by atoms with Gasteiger partial charge in [0.05, 0.1) is 6.04 Å². The van der Waals surface area contributed by atoms with Crippen molar-refractivity contribution in [1.29, 1.82) is 0 Å². The minimum Gasteiger partial charge on any atom is -0.349 e. The summed E-state index contributed by atoms with van der Waals surface area (Å²) in [4.78, 5) is 12.8. The molecule has 1 unspecified atom stereocenters. The van der Waals surface area contributed by atoms with Crippen molar-refractivity contribution in [1.82, 2.24) is 10.6 Å². The van der Waals surface area contributed by atoms with Gasteiger partial charge in [-0.15, -0.1) is 0 Å². The molecule has 2 aromatic rings. The molecule has 2 aromatic carbocycles. The van der Waals surface area contributed by atoms with E-state index in [1.807, 2.05) is 36.4 Å². The second-order valence-corrected chi connectivity index (χ2v) is 6.85. The van der Waals surface area contributed by atoms with E-state index in [0.717, 1.165) is 24.9 Å². The molecule has 0 aromatic heterocycles. The first-order valence-corrected chi connectivity index (χ1v) is 8.95. The Hall–Kier alpha value is -2.20. The summed E-state index contributed by atoms with van der Waals surface area (Å²) in [5, 5.41) is 6.47. The molecule has 1 saturated heterocycles. The molecule has 132 valence electrons. The molecule has 0 saturated carbocycles. The SMILES string of the molecule is C[C@H]1C[C@@H](C(=O)NC(Cc2ccccc2)c2ccccc2F)CCN1. The first-order valence-electron chi connectivity index (χ1n) is 8.95. The van der Waals surface area contributed by atoms with Crippen LogP contribution in [0.2, 0.25) is 0 Å². The number of rotatable bonds is 5. The van der Waals surface area contributed by atoms with E-state index in [2.05, 4.69) is 17.6 Å². The van der Waals surface area contributed by atoms with Crippen molar-refractivity contribution < 1.29 is 9.18 Å². The van der Waals surface area contributed by atoms with Gasteiger partial charge in [0.15, 0.2) is 0 Å². The summed E-state index contributed by atoms with van der Waals surface area (Å²) in [6.45, 7) is 2.94. The van der Waals surface area contributed by atoms with Gasteiger partial charge in [0.1, 0.15) is 5.82 Å². The van der Waals surface area contributed by atoms with Crippen LogP contribution < -0.4 is 10.6 Å². The first kappa shape index (κ1) is 17.6. The summed E-state index contributed by atoms with van der Waals surface area (Å²) in [5.41, 5.74) is 1.62. The van der Waals surface area contributed by atoms with Gasteiger partial charge in [-0.1, -0.05) is 48.5 Å². The number of benzene rings is 2. The standard InChI is InChI=1S/C21H25FN2O/c1-15-13-17(11-12-23-15)21(25)24-20(14-16-7-3-2-4-8-16)18-9-5-6-10-19(18)22/h2-10,15,17,20,23H,11-14H2,1H3,(H,24,25)/t15-,17-,20?/m0/s1. The number of nitrogens with one attached hydrogen (secondary N) is 2. The van der Waals surface area contributed by atoms with Crippen molar-refractivity contribution in [3.8, 4) is 0 Å². The number of hydrogen-bond donors (Lipinski definition) is 2. The summed E-state index contributed by atoms with van der Waals surface area (Å²) < 4.78 is 14.3. The Bertz CT molecular complexity index is 704. The Balaban J connectivity index is 1.78. The van der Waals surface area contributed by atoms with Gasteiger partial charge in [-0.25, -0.2) is 4.39 Å². The Labute approximate surface area is 148 Å². The smallest absolute Gasteiger partial charge is 0.223 e. The summed E-state index contributed by atoms with van der Waals surface area (Å²) in [6, 6.07) is 16.6. The van der Waals surface area contributed by atoms with Crippen LogP contribution in [0.1, 0.15) is 36.9 Å². The van der Waals surface area contributed by atoms with Gasteiger partial charge in [-0.2, -0.15) is 0 Å². The predicted octanol–water partition coefficient (Wildman–Crippen LogP) is 3.61. The molecule has 1 amide bonds. The highest BCUT2D eigenvalue weighted by Crippen LogP contribution is 2.24. The van der Waals surface area contributed by atoms with Gasteiger partial charge in [0.25, 0.3) is 0 Å². The topological polar surface area (TPSA) is 41.1 Å². The fraction of sp³-hybridized carbons (Fsp3) is 0.381. The lowest BCUT2D eigenvalue weighted by Gasteiger charge is -2.29. The van der Waals surface area contributed by atoms with Crippen LogP contribution in [0.5, 0.6) is 0 Å². The lowest BCUT2D eigenvalue weighted by atomic mass is 9.91. The average Bonchev–Trinajstić information content (AvgIpc) is 2.62. The number of carbonyl (C=O) groups is 1. The summed E-state index contributed by atoms with van der Waals surface area (Å²) in [7, 11) is 0. The average molecular weight is 340 g/mol. The molecule has 0 aliphatic carbocycles. The maximum atomic E-state index is 14.3. The van der Waals surface area contributed by atoms with Crippen LogP contribution in [0.3, 0.4) is 0 Å². The Morgan fingerprint density at radius 1 is 1.20 bits per heavy atom. The lowest BCUT2D eigenvalue weighted by molar-refractivity contribution is -0.126. The van der Waals surface area contributed by atoms with E-state index in [4.69, 9.17) is 0 Å². The molecular formula is C21H25FN2O. The van der Waals surface area contributed by atoms with E-state index in [1.54, 1.807) is 12.1 Å². The maximum Gasteiger partial charge on any atom is 0.223 e. The quantitative estimate of drug-likeness (QED) is 0.873. The third kappa shape index (κ3) is 4.67. The molecular weight excluding hydrogens is 315 g/mol. The van der Waals surface area contributed by atoms with Gasteiger partial charge < -0.3 is 10.6 Å². The van der Waals surface area contributed by atoms with Crippen LogP contribution in [0, 0.1) is 11.7 Å². The zero-order chi connectivity index (χ0) is 17.6. The minimum absolute atomic E-state index is 0.0127. The molecule has 4 heteroatoms. The lowest BCUT2D eigenvalue weighted by Crippen LogP contribution is -2.43. The molecule has 0 radical (unpaired) electrons. The van der Waals surface area contributed by atoms with Crippen LogP contribution in [0.4, 0.5) is 4.39 Å². The number of hydrogen-bond acceptors (Lipinski definition) is 2. The van der Waals surface area contributed by atoms with Crippen LogP contribution >= 0.6 is 0 Å². The van der Waals surface area contributed by atoms with Gasteiger partial charge >= 0.3 is 0 Å². The molecule has 0 spiro atoms. The monoisotopic (exact) mass is 340 g/mol. The van der Waals surface area contributed by atoms with Gasteiger partial charge in [0.2, 0.25) is 5.91 Å². The molecule has 25 heavy (non-hydrogen) atoms. The fourth-order valence-corrected chi connectivity index (χ4v) is 3.51. The summed E-state index contributed by atoms with van der Waals surface area (Å²) in [5.74, 6) is -0.263. The Morgan fingerprint density at radius 3 is 2.64 bits per heavy atom. The molecule has 3 nitrogen and oxygen atoms in total. The molecule has 1 heterocycles. The van der Waals surface area contributed by atoms with Gasteiger partial charge in [0, 0.05) is 17.5 Å². The highest BCUT2D eigenvalue weighted by molar-refractivity contribution is 5.79. The molecule has 2 N–H and O–H groups in total. The minimum atomic E-state index is -0.360. The van der Waals surface area contributed by atoms with Crippen molar-refractivity contribution >= 4 is 5.91 Å². The van der Waals surface area contributed by atoms with Gasteiger partial charge in [-0.3, -0.25) is 4.79 Å². The molecule has 3 rings (SSSR count). The van der Waals surface area contributed by atoms with Crippen LogP contribution in [0.15, 0.2) is 54.6 Å². The van der Waals surface area contributed by atoms with Gasteiger partial charge in [-0.05, 0) is 44.4 Å². The zero-order valence-electron chi connectivity index (χ0n) is 14.5. The van der Waals surface area contributed by atoms with Crippen LogP contribution in [-0.2, 0) is 11.2 Å². The van der Waals surface area contributed by atoms with Crippen LogP contribution in [0.25, 0.3) is 0 Å². The Morgan fingerprint density at radius 2 is 1.92 bits per heavy atom. The van der Waals surface area contributed by atoms with E-state index in [0.29, 0.717) is 18.0 Å². The molecule has 0 bridgehead atoms. The highest BCUT2D eigenvalue weighted by atomic mass is 19.1. The first-order chi connectivity index (χ1) is 12.1. The van der Waals surface area contributed by atoms with E-state index in [-0.39, 0.29) is 23.7 Å². The largest absolute Gasteiger partial charge is 0.349 e. The summed E-state index contributed by atoms with van der Waals surface area (Å²) in [6.07, 6.45) is 2.22. The summed E-state index contributed by atoms with van der Waals surface area (Å²) >= 11 is 0. The molecule has 1 aliphatic heterocycles.